The van der Waals surface area contributed by atoms with Crippen molar-refractivity contribution >= 4 is 6.26 Å². The molecule has 0 unspecified atom stereocenters. The van der Waals surface area contributed by atoms with Gasteiger partial charge in [0.25, 0.3) is 0 Å². The second-order valence-corrected chi connectivity index (χ2v) is 1.81. The van der Waals surface area contributed by atoms with Crippen LogP contribution in [0.5, 0.6) is 0 Å². The molecule has 0 amide bonds. The lowest BCUT2D eigenvalue weighted by atomic mass is 10.2. The fourth-order valence-electron chi connectivity index (χ4n) is 0.679. The van der Waals surface area contributed by atoms with Crippen molar-refractivity contribution in [1.29, 1.82) is 0 Å². The SMILES string of the molecule is [2H][13C](=O)Cc1ccccc1. The highest BCUT2D eigenvalue weighted by atomic mass is 16.2. The molecule has 0 N–H and O–H groups in total. The fourth-order valence-corrected chi connectivity index (χ4v) is 0.679. The molecular formula is C8H8O. The second kappa shape index (κ2) is 3.02. The Kier molecular flexibility index (Phi) is 1.59. The van der Waals surface area contributed by atoms with E-state index in [0.717, 1.165) is 5.56 Å². The molecule has 0 bridgehead atoms. The van der Waals surface area contributed by atoms with E-state index in [9.17, 15) is 4.79 Å². The zero-order valence-electron chi connectivity index (χ0n) is 6.00. The van der Waals surface area contributed by atoms with Gasteiger partial charge in [-0.05, 0) is 5.56 Å². The highest BCUT2D eigenvalue weighted by molar-refractivity contribution is 5.54. The average molecular weight is 122 g/mol. The van der Waals surface area contributed by atoms with Crippen LogP contribution < -0.4 is 0 Å². The van der Waals surface area contributed by atoms with Crippen LogP contribution in [0.25, 0.3) is 0 Å². The van der Waals surface area contributed by atoms with Gasteiger partial charge < -0.3 is 4.79 Å². The molecule has 0 aliphatic heterocycles. The van der Waals surface area contributed by atoms with Crippen molar-refractivity contribution in [1.82, 2.24) is 0 Å². The van der Waals surface area contributed by atoms with E-state index in [1.807, 2.05) is 30.3 Å². The van der Waals surface area contributed by atoms with Gasteiger partial charge in [0.2, 0.25) is 0 Å². The van der Waals surface area contributed by atoms with E-state index in [-0.39, 0.29) is 6.42 Å². The van der Waals surface area contributed by atoms with Crippen LogP contribution in [0.3, 0.4) is 0 Å². The van der Waals surface area contributed by atoms with Crippen LogP contribution in [-0.4, -0.2) is 6.26 Å². The third-order valence-electron chi connectivity index (χ3n) is 1.12. The van der Waals surface area contributed by atoms with Crippen molar-refractivity contribution in [2.45, 2.75) is 6.42 Å². The first kappa shape index (κ1) is 4.74. The van der Waals surface area contributed by atoms with Crippen molar-refractivity contribution < 1.29 is 6.17 Å². The number of hydrogen-bond donors (Lipinski definition) is 0. The summed E-state index contributed by atoms with van der Waals surface area (Å²) in [6.07, 6.45) is -0.313. The van der Waals surface area contributed by atoms with Gasteiger partial charge in [-0.15, -0.1) is 0 Å². The Labute approximate surface area is 55.7 Å². The maximum absolute atomic E-state index is 10.3. The summed E-state index contributed by atoms with van der Waals surface area (Å²) in [5.41, 5.74) is 0.905. The first-order chi connectivity index (χ1) is 4.79. The highest BCUT2D eigenvalue weighted by Crippen LogP contribution is 1.96. The van der Waals surface area contributed by atoms with Crippen molar-refractivity contribution in [3.8, 4) is 0 Å². The molecule has 9 heavy (non-hydrogen) atoms. The maximum atomic E-state index is 10.3. The zero-order valence-corrected chi connectivity index (χ0v) is 5.00. The van der Waals surface area contributed by atoms with E-state index >= 15 is 0 Å². The van der Waals surface area contributed by atoms with E-state index < -0.39 is 6.26 Å². The quantitative estimate of drug-likeness (QED) is 0.428. The van der Waals surface area contributed by atoms with Gasteiger partial charge in [-0.25, -0.2) is 0 Å². The molecule has 0 saturated heterocycles. The number of carbonyl (C=O) groups excluding carboxylic acids is 1. The van der Waals surface area contributed by atoms with Crippen LogP contribution >= 0.6 is 0 Å². The Morgan fingerprint density at radius 1 is 1.44 bits per heavy atom. The monoisotopic (exact) mass is 122 g/mol. The number of rotatable bonds is 2. The predicted molar refractivity (Wildman–Crippen MR) is 36.2 cm³/mol. The lowest BCUT2D eigenvalue weighted by Gasteiger charge is -1.89. The van der Waals surface area contributed by atoms with Gasteiger partial charge in [-0.2, -0.15) is 0 Å². The summed E-state index contributed by atoms with van der Waals surface area (Å²) in [6, 6.07) is 9.29. The molecule has 1 rings (SSSR count). The van der Waals surface area contributed by atoms with Gasteiger partial charge in [0.1, 0.15) is 7.63 Å². The second-order valence-electron chi connectivity index (χ2n) is 1.81. The molecule has 0 spiro atoms. The largest absolute Gasteiger partial charge is 0.303 e. The molecule has 0 aliphatic rings. The third-order valence-corrected chi connectivity index (χ3v) is 1.12. The Bertz CT molecular complexity index is 218. The molecule has 46 valence electrons. The Morgan fingerprint density at radius 3 is 2.67 bits per heavy atom. The number of aldehydes is 1. The summed E-state index contributed by atoms with van der Waals surface area (Å²) in [7, 11) is 0. The minimum Gasteiger partial charge on any atom is -0.303 e. The molecule has 0 radical (unpaired) electrons. The van der Waals surface area contributed by atoms with Crippen LogP contribution in [0.4, 0.5) is 0 Å². The minimum atomic E-state index is -0.536. The predicted octanol–water partition coefficient (Wildman–Crippen LogP) is 1.43. The first-order valence-electron chi connectivity index (χ1n) is 3.32. The summed E-state index contributed by atoms with van der Waals surface area (Å²) in [5, 5.41) is 0. The number of benzene rings is 1. The van der Waals surface area contributed by atoms with Crippen LogP contribution in [0.1, 0.15) is 6.93 Å². The summed E-state index contributed by atoms with van der Waals surface area (Å²) < 4.78 is 6.68. The Morgan fingerprint density at radius 2 is 2.11 bits per heavy atom. The molecular weight excluding hydrogens is 113 g/mol. The maximum Gasteiger partial charge on any atom is 0.124 e. The summed E-state index contributed by atoms with van der Waals surface area (Å²) in [6.45, 7) is 0. The third kappa shape index (κ3) is 1.68. The molecule has 0 fully saturated rings. The normalized spacial score (nSPS) is 10.4. The van der Waals surface area contributed by atoms with Crippen LogP contribution in [0.15, 0.2) is 30.3 Å². The standard InChI is InChI=1S/C8H8O/c9-7-6-8-4-2-1-3-5-8/h1-5,7H,6H2/i7+1D. The summed E-state index contributed by atoms with van der Waals surface area (Å²) >= 11 is 0. The van der Waals surface area contributed by atoms with E-state index in [4.69, 9.17) is 1.37 Å². The molecule has 0 heterocycles. The summed E-state index contributed by atoms with van der Waals surface area (Å²) in [5.74, 6) is 0. The number of carbonyl (C=O) groups is 1. The molecule has 1 heteroatoms. The first-order valence-corrected chi connectivity index (χ1v) is 2.82. The lowest BCUT2D eigenvalue weighted by Crippen LogP contribution is -1.82. The molecule has 1 aromatic rings. The van der Waals surface area contributed by atoms with Crippen molar-refractivity contribution in [3.63, 3.8) is 0 Å². The van der Waals surface area contributed by atoms with Crippen molar-refractivity contribution in [2.24, 2.45) is 0 Å². The van der Waals surface area contributed by atoms with Crippen molar-refractivity contribution in [3.05, 3.63) is 35.9 Å². The van der Waals surface area contributed by atoms with E-state index in [1.54, 1.807) is 0 Å². The van der Waals surface area contributed by atoms with Gasteiger partial charge in [0, 0.05) is 6.42 Å². The van der Waals surface area contributed by atoms with E-state index in [2.05, 4.69) is 0 Å². The van der Waals surface area contributed by atoms with Gasteiger partial charge in [0.15, 0.2) is 0 Å². The Balaban J connectivity index is 2.67. The van der Waals surface area contributed by atoms with Gasteiger partial charge in [0.05, 0.1) is 0 Å². The average Bonchev–Trinajstić information content (AvgIpc) is 1.88. The van der Waals surface area contributed by atoms with E-state index in [1.165, 1.54) is 0 Å². The van der Waals surface area contributed by atoms with Gasteiger partial charge in [-0.3, -0.25) is 0 Å². The smallest absolute Gasteiger partial charge is 0.124 e. The summed E-state index contributed by atoms with van der Waals surface area (Å²) in [4.78, 5) is 10.3. The van der Waals surface area contributed by atoms with E-state index in [0.29, 0.717) is 0 Å². The molecule has 0 aromatic heterocycles. The molecule has 0 saturated carbocycles. The van der Waals surface area contributed by atoms with Gasteiger partial charge >= 0.3 is 0 Å². The Hall–Kier alpha value is -1.11. The van der Waals surface area contributed by atoms with Crippen LogP contribution in [0, 0.1) is 0 Å². The van der Waals surface area contributed by atoms with Crippen molar-refractivity contribution in [2.75, 3.05) is 0 Å². The minimum absolute atomic E-state index is 0.223. The lowest BCUT2D eigenvalue weighted by molar-refractivity contribution is -0.107. The van der Waals surface area contributed by atoms with Crippen LogP contribution in [-0.2, 0) is 11.2 Å². The fraction of sp³-hybridized carbons (Fsp3) is 0.125. The van der Waals surface area contributed by atoms with Gasteiger partial charge in [-0.1, -0.05) is 30.3 Å². The molecule has 0 atom stereocenters. The molecule has 1 nitrogen and oxygen atoms in total. The highest BCUT2D eigenvalue weighted by Gasteiger charge is 1.84. The number of hydrogen-bond acceptors (Lipinski definition) is 1. The molecule has 1 aromatic carbocycles. The topological polar surface area (TPSA) is 17.1 Å². The van der Waals surface area contributed by atoms with Crippen LogP contribution in [0.2, 0.25) is 0 Å². The molecule has 0 aliphatic carbocycles. The zero-order chi connectivity index (χ0) is 7.40.